The first-order valence-electron chi connectivity index (χ1n) is 18.3. The van der Waals surface area contributed by atoms with Crippen molar-refractivity contribution in [3.63, 3.8) is 0 Å². The van der Waals surface area contributed by atoms with E-state index in [1.807, 2.05) is 12.1 Å². The fourth-order valence-corrected chi connectivity index (χ4v) is 8.23. The fraction of sp³-hybridized carbons (Fsp3) is 0. The minimum Gasteiger partial charge on any atom is -0.309 e. The third kappa shape index (κ3) is 4.78. The highest BCUT2D eigenvalue weighted by atomic mass is 15.0. The van der Waals surface area contributed by atoms with Crippen molar-refractivity contribution in [2.75, 3.05) is 0 Å². The highest BCUT2D eigenvalue weighted by molar-refractivity contribution is 6.19. The number of nitrogens with zero attached hydrogens (tertiary/aromatic N) is 4. The standard InChI is InChI=1S/C50H32N4/c1-4-15-33(16-5-1)35-27-28-44-43(30-35)49(34-17-6-2-7-18-34)52-50(51-44)36-19-14-22-38(29-36)54-46-26-13-11-24-40(46)42-31-47-41(32-48(42)54)39-23-10-12-25-45(39)53(47)37-20-8-3-9-21-37/h1-32H. The Morgan fingerprint density at radius 1 is 0.296 bits per heavy atom. The number of aromatic nitrogens is 4. The van der Waals surface area contributed by atoms with Crippen LogP contribution in [0.15, 0.2) is 194 Å². The molecule has 0 fully saturated rings. The van der Waals surface area contributed by atoms with Crippen molar-refractivity contribution in [1.82, 2.24) is 19.1 Å². The molecule has 11 aromatic rings. The highest BCUT2D eigenvalue weighted by Gasteiger charge is 2.19. The SMILES string of the molecule is c1ccc(-c2ccc3nc(-c4cccc(-n5c6ccccc6c6cc7c(cc65)c5ccccc5n7-c5ccccc5)c4)nc(-c4ccccc4)c3c2)cc1. The maximum Gasteiger partial charge on any atom is 0.160 e. The lowest BCUT2D eigenvalue weighted by Gasteiger charge is -2.13. The van der Waals surface area contributed by atoms with E-state index in [1.165, 1.54) is 38.1 Å². The van der Waals surface area contributed by atoms with E-state index in [1.54, 1.807) is 0 Å². The maximum absolute atomic E-state index is 5.31. The smallest absolute Gasteiger partial charge is 0.160 e. The predicted octanol–water partition coefficient (Wildman–Crippen LogP) is 12.8. The van der Waals surface area contributed by atoms with Crippen LogP contribution in [0.1, 0.15) is 0 Å². The van der Waals surface area contributed by atoms with Crippen LogP contribution in [0.2, 0.25) is 0 Å². The van der Waals surface area contributed by atoms with Gasteiger partial charge in [0.25, 0.3) is 0 Å². The topological polar surface area (TPSA) is 35.6 Å². The molecule has 0 spiro atoms. The minimum atomic E-state index is 0.699. The average Bonchev–Trinajstić information content (AvgIpc) is 3.75. The van der Waals surface area contributed by atoms with Crippen LogP contribution in [0.4, 0.5) is 0 Å². The van der Waals surface area contributed by atoms with Gasteiger partial charge in [0.1, 0.15) is 0 Å². The largest absolute Gasteiger partial charge is 0.309 e. The molecule has 3 heterocycles. The Labute approximate surface area is 311 Å². The van der Waals surface area contributed by atoms with Crippen LogP contribution in [-0.4, -0.2) is 19.1 Å². The molecule has 0 N–H and O–H groups in total. The molecule has 8 aromatic carbocycles. The van der Waals surface area contributed by atoms with Crippen LogP contribution in [0.25, 0.3) is 99.7 Å². The zero-order chi connectivity index (χ0) is 35.6. The molecule has 4 heteroatoms. The van der Waals surface area contributed by atoms with Gasteiger partial charge in [-0.3, -0.25) is 0 Å². The van der Waals surface area contributed by atoms with E-state index in [9.17, 15) is 0 Å². The molecule has 252 valence electrons. The zero-order valence-electron chi connectivity index (χ0n) is 29.3. The molecule has 0 saturated carbocycles. The molecule has 0 unspecified atom stereocenters. The Balaban J connectivity index is 1.13. The predicted molar refractivity (Wildman–Crippen MR) is 225 cm³/mol. The van der Waals surface area contributed by atoms with Crippen LogP contribution >= 0.6 is 0 Å². The molecule has 0 bridgehead atoms. The van der Waals surface area contributed by atoms with Crippen LogP contribution in [0.3, 0.4) is 0 Å². The molecule has 0 amide bonds. The van der Waals surface area contributed by atoms with Crippen molar-refractivity contribution in [3.8, 4) is 45.1 Å². The van der Waals surface area contributed by atoms with E-state index in [-0.39, 0.29) is 0 Å². The van der Waals surface area contributed by atoms with Crippen molar-refractivity contribution in [1.29, 1.82) is 0 Å². The third-order valence-electron chi connectivity index (χ3n) is 10.7. The van der Waals surface area contributed by atoms with Crippen molar-refractivity contribution >= 4 is 54.5 Å². The van der Waals surface area contributed by atoms with Gasteiger partial charge in [0, 0.05) is 49.4 Å². The first-order valence-corrected chi connectivity index (χ1v) is 18.3. The van der Waals surface area contributed by atoms with Gasteiger partial charge in [0.2, 0.25) is 0 Å². The monoisotopic (exact) mass is 688 g/mol. The molecule has 4 nitrogen and oxygen atoms in total. The highest BCUT2D eigenvalue weighted by Crippen LogP contribution is 2.40. The van der Waals surface area contributed by atoms with Gasteiger partial charge in [-0.2, -0.15) is 0 Å². The quantitative estimate of drug-likeness (QED) is 0.180. The summed E-state index contributed by atoms with van der Waals surface area (Å²) in [6.07, 6.45) is 0. The van der Waals surface area contributed by atoms with Crippen molar-refractivity contribution in [2.24, 2.45) is 0 Å². The Morgan fingerprint density at radius 3 is 1.50 bits per heavy atom. The minimum absolute atomic E-state index is 0.699. The molecule has 0 radical (unpaired) electrons. The van der Waals surface area contributed by atoms with Crippen molar-refractivity contribution in [2.45, 2.75) is 0 Å². The summed E-state index contributed by atoms with van der Waals surface area (Å²) < 4.78 is 4.79. The Bertz CT molecular complexity index is 3200. The van der Waals surface area contributed by atoms with Crippen molar-refractivity contribution in [3.05, 3.63) is 194 Å². The maximum atomic E-state index is 5.31. The number of benzene rings is 8. The van der Waals surface area contributed by atoms with E-state index in [4.69, 9.17) is 9.97 Å². The summed E-state index contributed by atoms with van der Waals surface area (Å²) in [6, 6.07) is 69.0. The first-order chi connectivity index (χ1) is 26.8. The van der Waals surface area contributed by atoms with Crippen LogP contribution < -0.4 is 0 Å². The van der Waals surface area contributed by atoms with Gasteiger partial charge < -0.3 is 9.13 Å². The molecule has 54 heavy (non-hydrogen) atoms. The second-order valence-electron chi connectivity index (χ2n) is 13.8. The van der Waals surface area contributed by atoms with Crippen LogP contribution in [0, 0.1) is 0 Å². The summed E-state index contributed by atoms with van der Waals surface area (Å²) in [5, 5.41) is 5.92. The zero-order valence-corrected chi connectivity index (χ0v) is 29.3. The summed E-state index contributed by atoms with van der Waals surface area (Å²) in [5.41, 5.74) is 13.1. The van der Waals surface area contributed by atoms with Gasteiger partial charge in [-0.05, 0) is 71.8 Å². The Hall–Kier alpha value is -7.30. The molecule has 0 aliphatic rings. The van der Waals surface area contributed by atoms with Crippen LogP contribution in [-0.2, 0) is 0 Å². The van der Waals surface area contributed by atoms with E-state index in [2.05, 4.69) is 191 Å². The van der Waals surface area contributed by atoms with E-state index >= 15 is 0 Å². The third-order valence-corrected chi connectivity index (χ3v) is 10.7. The lowest BCUT2D eigenvalue weighted by Crippen LogP contribution is -1.98. The number of hydrogen-bond acceptors (Lipinski definition) is 2. The Morgan fingerprint density at radius 2 is 0.833 bits per heavy atom. The second-order valence-corrected chi connectivity index (χ2v) is 13.8. The van der Waals surface area contributed by atoms with Gasteiger partial charge in [-0.25, -0.2) is 9.97 Å². The summed E-state index contributed by atoms with van der Waals surface area (Å²) in [6.45, 7) is 0. The molecule has 11 rings (SSSR count). The number of hydrogen-bond donors (Lipinski definition) is 0. The lowest BCUT2D eigenvalue weighted by molar-refractivity contribution is 1.17. The van der Waals surface area contributed by atoms with E-state index in [0.29, 0.717) is 5.82 Å². The van der Waals surface area contributed by atoms with Gasteiger partial charge in [0.05, 0.1) is 33.3 Å². The molecule has 0 aliphatic carbocycles. The normalized spacial score (nSPS) is 11.7. The van der Waals surface area contributed by atoms with Gasteiger partial charge in [0.15, 0.2) is 5.82 Å². The fourth-order valence-electron chi connectivity index (χ4n) is 8.23. The van der Waals surface area contributed by atoms with Gasteiger partial charge in [-0.15, -0.1) is 0 Å². The summed E-state index contributed by atoms with van der Waals surface area (Å²) in [5.74, 6) is 0.699. The summed E-state index contributed by atoms with van der Waals surface area (Å²) in [4.78, 5) is 10.5. The van der Waals surface area contributed by atoms with E-state index in [0.717, 1.165) is 55.7 Å². The van der Waals surface area contributed by atoms with Gasteiger partial charge in [-0.1, -0.05) is 133 Å². The number of fused-ring (bicyclic) bond motifs is 7. The molecular formula is C50H32N4. The summed E-state index contributed by atoms with van der Waals surface area (Å²) >= 11 is 0. The molecule has 0 aliphatic heterocycles. The number of rotatable bonds is 5. The molecular weight excluding hydrogens is 657 g/mol. The van der Waals surface area contributed by atoms with Crippen molar-refractivity contribution < 1.29 is 0 Å². The molecule has 0 atom stereocenters. The lowest BCUT2D eigenvalue weighted by atomic mass is 10.00. The molecule has 3 aromatic heterocycles. The van der Waals surface area contributed by atoms with E-state index < -0.39 is 0 Å². The second kappa shape index (κ2) is 12.1. The van der Waals surface area contributed by atoms with Crippen LogP contribution in [0.5, 0.6) is 0 Å². The first kappa shape index (κ1) is 30.3. The average molecular weight is 689 g/mol. The number of para-hydroxylation sites is 3. The summed E-state index contributed by atoms with van der Waals surface area (Å²) in [7, 11) is 0. The Kier molecular flexibility index (Phi) is 6.82. The van der Waals surface area contributed by atoms with Gasteiger partial charge >= 0.3 is 0 Å². The molecule has 0 saturated heterocycles.